The molecule has 0 aromatic rings. The van der Waals surface area contributed by atoms with Crippen LogP contribution in [0.1, 0.15) is 79.1 Å². The van der Waals surface area contributed by atoms with Gasteiger partial charge in [0.1, 0.15) is 0 Å². The molecule has 1 aliphatic carbocycles. The molecule has 0 amide bonds. The van der Waals surface area contributed by atoms with Gasteiger partial charge in [-0.15, -0.1) is 0 Å². The zero-order valence-electron chi connectivity index (χ0n) is 18.6. The van der Waals surface area contributed by atoms with Crippen LogP contribution < -0.4 is 0 Å². The van der Waals surface area contributed by atoms with E-state index >= 15 is 0 Å². The molecule has 1 unspecified atom stereocenters. The van der Waals surface area contributed by atoms with Gasteiger partial charge < -0.3 is 14.6 Å². The van der Waals surface area contributed by atoms with Gasteiger partial charge in [-0.1, -0.05) is 18.6 Å². The number of hydrogen-bond acceptors (Lipinski definition) is 4. The predicted molar refractivity (Wildman–Crippen MR) is 115 cm³/mol. The van der Waals surface area contributed by atoms with E-state index in [1.165, 1.54) is 12.0 Å². The number of aliphatic hydroxyl groups excluding tert-OH is 1. The van der Waals surface area contributed by atoms with Crippen molar-refractivity contribution < 1.29 is 19.4 Å². The average Bonchev–Trinajstić information content (AvgIpc) is 2.67. The van der Waals surface area contributed by atoms with Crippen molar-refractivity contribution in [1.29, 1.82) is 0 Å². The molecule has 1 fully saturated rings. The number of fused-ring (bicyclic) bond motifs is 1. The van der Waals surface area contributed by atoms with E-state index in [1.54, 1.807) is 0 Å². The summed E-state index contributed by atoms with van der Waals surface area (Å²) in [5.74, 6) is 0.0303. The van der Waals surface area contributed by atoms with E-state index in [2.05, 4.69) is 26.8 Å². The molecule has 162 valence electrons. The molecule has 0 radical (unpaired) electrons. The highest BCUT2D eigenvalue weighted by atomic mass is 16.7. The Morgan fingerprint density at radius 3 is 2.86 bits per heavy atom. The number of ether oxygens (including phenoxy) is 2. The summed E-state index contributed by atoms with van der Waals surface area (Å²) in [5, 5.41) is 9.94. The first-order valence-electron chi connectivity index (χ1n) is 11.3. The zero-order chi connectivity index (χ0) is 21.0. The lowest BCUT2D eigenvalue weighted by molar-refractivity contribution is -0.275. The maximum absolute atomic E-state index is 12.1. The SMILES string of the molecule is CC(C)=CCCC(C)CC[C@@H]1CCC[C@]2(C=C(CO)[C@H]3CC(=O)C(C)=C[C@H]3O2)O1. The average molecular weight is 403 g/mol. The Bertz CT molecular complexity index is 685. The summed E-state index contributed by atoms with van der Waals surface area (Å²) in [6, 6.07) is 0. The van der Waals surface area contributed by atoms with Gasteiger partial charge in [-0.2, -0.15) is 0 Å². The molecule has 1 N–H and O–H groups in total. The third kappa shape index (κ3) is 5.68. The minimum atomic E-state index is -0.745. The van der Waals surface area contributed by atoms with E-state index in [-0.39, 0.29) is 30.5 Å². The van der Waals surface area contributed by atoms with Crippen molar-refractivity contribution in [2.45, 2.75) is 97.1 Å². The number of carbonyl (C=O) groups excluding carboxylic acids is 1. The van der Waals surface area contributed by atoms with Gasteiger partial charge in [-0.3, -0.25) is 4.79 Å². The molecular formula is C25H38O4. The van der Waals surface area contributed by atoms with E-state index in [0.717, 1.165) is 49.7 Å². The molecule has 1 spiro atoms. The molecule has 0 aromatic carbocycles. The van der Waals surface area contributed by atoms with Crippen LogP contribution >= 0.6 is 0 Å². The van der Waals surface area contributed by atoms with Crippen molar-refractivity contribution >= 4 is 5.78 Å². The fourth-order valence-corrected chi connectivity index (χ4v) is 4.85. The maximum atomic E-state index is 12.1. The third-order valence-electron chi connectivity index (χ3n) is 6.67. The van der Waals surface area contributed by atoms with Crippen LogP contribution in [0.3, 0.4) is 0 Å². The first-order valence-corrected chi connectivity index (χ1v) is 11.3. The Balaban J connectivity index is 1.62. The van der Waals surface area contributed by atoms with Crippen LogP contribution in [0.2, 0.25) is 0 Å². The summed E-state index contributed by atoms with van der Waals surface area (Å²) in [6.45, 7) is 8.45. The summed E-state index contributed by atoms with van der Waals surface area (Å²) < 4.78 is 13.0. The number of aliphatic hydroxyl groups is 1. The van der Waals surface area contributed by atoms with Crippen molar-refractivity contribution in [3.63, 3.8) is 0 Å². The van der Waals surface area contributed by atoms with E-state index < -0.39 is 5.79 Å². The van der Waals surface area contributed by atoms with Gasteiger partial charge >= 0.3 is 0 Å². The highest BCUT2D eigenvalue weighted by Crippen LogP contribution is 2.43. The Morgan fingerprint density at radius 1 is 1.34 bits per heavy atom. The highest BCUT2D eigenvalue weighted by Gasteiger charge is 2.46. The molecule has 5 atom stereocenters. The van der Waals surface area contributed by atoms with Crippen LogP contribution in [0.15, 0.2) is 34.9 Å². The van der Waals surface area contributed by atoms with Gasteiger partial charge in [0.15, 0.2) is 11.6 Å². The summed E-state index contributed by atoms with van der Waals surface area (Å²) >= 11 is 0. The summed E-state index contributed by atoms with van der Waals surface area (Å²) in [4.78, 5) is 12.1. The lowest BCUT2D eigenvalue weighted by Gasteiger charge is -2.47. The zero-order valence-corrected chi connectivity index (χ0v) is 18.6. The van der Waals surface area contributed by atoms with Crippen molar-refractivity contribution in [3.05, 3.63) is 34.9 Å². The van der Waals surface area contributed by atoms with Crippen LogP contribution in [0.5, 0.6) is 0 Å². The van der Waals surface area contributed by atoms with Gasteiger partial charge in [0.25, 0.3) is 0 Å². The van der Waals surface area contributed by atoms with Gasteiger partial charge in [-0.05, 0) is 88.5 Å². The van der Waals surface area contributed by atoms with Gasteiger partial charge in [0.2, 0.25) is 0 Å². The van der Waals surface area contributed by atoms with Crippen molar-refractivity contribution in [3.8, 4) is 0 Å². The molecule has 4 heteroatoms. The first-order chi connectivity index (χ1) is 13.8. The number of rotatable bonds is 7. The Hall–Kier alpha value is -1.23. The van der Waals surface area contributed by atoms with E-state index in [0.29, 0.717) is 12.3 Å². The largest absolute Gasteiger partial charge is 0.392 e. The molecule has 2 heterocycles. The molecule has 2 aliphatic heterocycles. The lowest BCUT2D eigenvalue weighted by Crippen LogP contribution is -2.50. The summed E-state index contributed by atoms with van der Waals surface area (Å²) in [6.07, 6.45) is 14.2. The molecule has 4 nitrogen and oxygen atoms in total. The Kier molecular flexibility index (Phi) is 7.53. The quantitative estimate of drug-likeness (QED) is 0.590. The number of allylic oxidation sites excluding steroid dienone is 3. The molecule has 3 aliphatic rings. The van der Waals surface area contributed by atoms with Gasteiger partial charge in [0, 0.05) is 18.8 Å². The highest BCUT2D eigenvalue weighted by molar-refractivity contribution is 5.96. The number of carbonyl (C=O) groups is 1. The van der Waals surface area contributed by atoms with Crippen molar-refractivity contribution in [1.82, 2.24) is 0 Å². The lowest BCUT2D eigenvalue weighted by atomic mass is 9.78. The van der Waals surface area contributed by atoms with Gasteiger partial charge in [0.05, 0.1) is 18.8 Å². The normalized spacial score (nSPS) is 33.0. The molecule has 29 heavy (non-hydrogen) atoms. The summed E-state index contributed by atoms with van der Waals surface area (Å²) in [5.41, 5.74) is 3.05. The van der Waals surface area contributed by atoms with Crippen LogP contribution in [0.4, 0.5) is 0 Å². The van der Waals surface area contributed by atoms with Crippen LogP contribution in [-0.4, -0.2) is 35.5 Å². The van der Waals surface area contributed by atoms with Crippen molar-refractivity contribution in [2.75, 3.05) is 6.61 Å². The molecule has 0 bridgehead atoms. The maximum Gasteiger partial charge on any atom is 0.189 e. The Labute approximate surface area is 176 Å². The predicted octanol–water partition coefficient (Wildman–Crippen LogP) is 5.27. The second-order valence-corrected chi connectivity index (χ2v) is 9.53. The molecule has 0 aromatic heterocycles. The fourth-order valence-electron chi connectivity index (χ4n) is 4.85. The fraction of sp³-hybridized carbons (Fsp3) is 0.720. The molecule has 3 rings (SSSR count). The molecular weight excluding hydrogens is 364 g/mol. The number of ketones is 1. The van der Waals surface area contributed by atoms with Crippen LogP contribution in [0.25, 0.3) is 0 Å². The van der Waals surface area contributed by atoms with Crippen molar-refractivity contribution in [2.24, 2.45) is 11.8 Å². The second kappa shape index (κ2) is 9.72. The van der Waals surface area contributed by atoms with E-state index in [1.807, 2.05) is 19.1 Å². The minimum Gasteiger partial charge on any atom is -0.392 e. The smallest absolute Gasteiger partial charge is 0.189 e. The topological polar surface area (TPSA) is 55.8 Å². The molecule has 1 saturated heterocycles. The third-order valence-corrected chi connectivity index (χ3v) is 6.67. The standard InChI is InChI=1S/C25H38O4/c1-17(2)7-5-8-18(3)10-11-21-9-6-12-25(28-21)15-20(16-26)22-14-23(27)19(4)13-24(22)29-25/h7,13,15,18,21-22,24,26H,5-6,8-12,14,16H2,1-4H3/t18?,21-,22+,24+,25-/m0/s1. The Morgan fingerprint density at radius 2 is 2.14 bits per heavy atom. The van der Waals surface area contributed by atoms with Crippen LogP contribution in [-0.2, 0) is 14.3 Å². The number of hydrogen-bond donors (Lipinski definition) is 1. The summed E-state index contributed by atoms with van der Waals surface area (Å²) in [7, 11) is 0. The minimum absolute atomic E-state index is 0.0398. The monoisotopic (exact) mass is 402 g/mol. The van der Waals surface area contributed by atoms with E-state index in [9.17, 15) is 9.90 Å². The molecule has 0 saturated carbocycles. The van der Waals surface area contributed by atoms with Crippen LogP contribution in [0, 0.1) is 11.8 Å². The van der Waals surface area contributed by atoms with E-state index in [4.69, 9.17) is 9.47 Å². The first kappa shape index (κ1) is 22.5. The number of Topliss-reactive ketones (excluding diaryl/α,β-unsaturated/α-hetero) is 1. The second-order valence-electron chi connectivity index (χ2n) is 9.53. The van der Waals surface area contributed by atoms with Gasteiger partial charge in [-0.25, -0.2) is 0 Å².